The Morgan fingerprint density at radius 1 is 1.40 bits per heavy atom. The SMILES string of the molecule is CN1CCC(C#N)(NC(=O)Nc2ccccc2F)CC1. The highest BCUT2D eigenvalue weighted by Gasteiger charge is 2.35. The number of anilines is 1. The predicted molar refractivity (Wildman–Crippen MR) is 73.6 cm³/mol. The second-order valence-corrected chi connectivity index (χ2v) is 5.06. The van der Waals surface area contributed by atoms with Crippen molar-refractivity contribution < 1.29 is 9.18 Å². The number of carbonyl (C=O) groups excluding carboxylic acids is 1. The first kappa shape index (κ1) is 14.3. The van der Waals surface area contributed by atoms with Crippen LogP contribution >= 0.6 is 0 Å². The average molecular weight is 276 g/mol. The van der Waals surface area contributed by atoms with E-state index in [9.17, 15) is 14.4 Å². The van der Waals surface area contributed by atoms with Crippen LogP contribution in [0.5, 0.6) is 0 Å². The van der Waals surface area contributed by atoms with Crippen LogP contribution in [0.25, 0.3) is 0 Å². The van der Waals surface area contributed by atoms with E-state index >= 15 is 0 Å². The van der Waals surface area contributed by atoms with Crippen molar-refractivity contribution in [2.45, 2.75) is 18.4 Å². The summed E-state index contributed by atoms with van der Waals surface area (Å²) in [6.07, 6.45) is 1.12. The summed E-state index contributed by atoms with van der Waals surface area (Å²) in [6, 6.07) is 7.55. The number of halogens is 1. The summed E-state index contributed by atoms with van der Waals surface area (Å²) in [5.41, 5.74) is -0.770. The van der Waals surface area contributed by atoms with Crippen molar-refractivity contribution in [2.24, 2.45) is 0 Å². The van der Waals surface area contributed by atoms with Crippen molar-refractivity contribution >= 4 is 11.7 Å². The van der Waals surface area contributed by atoms with E-state index < -0.39 is 17.4 Å². The molecule has 20 heavy (non-hydrogen) atoms. The molecule has 0 spiro atoms. The summed E-state index contributed by atoms with van der Waals surface area (Å²) in [4.78, 5) is 14.0. The monoisotopic (exact) mass is 276 g/mol. The normalized spacial score (nSPS) is 18.1. The zero-order valence-corrected chi connectivity index (χ0v) is 11.3. The molecular weight excluding hydrogens is 259 g/mol. The molecule has 1 aromatic rings. The van der Waals surface area contributed by atoms with Gasteiger partial charge in [0.15, 0.2) is 0 Å². The van der Waals surface area contributed by atoms with E-state index in [2.05, 4.69) is 21.6 Å². The number of nitriles is 1. The van der Waals surface area contributed by atoms with Gasteiger partial charge in [-0.1, -0.05) is 12.1 Å². The van der Waals surface area contributed by atoms with E-state index in [1.165, 1.54) is 12.1 Å². The molecule has 2 amide bonds. The van der Waals surface area contributed by atoms with Gasteiger partial charge in [0.25, 0.3) is 0 Å². The van der Waals surface area contributed by atoms with Crippen LogP contribution in [-0.2, 0) is 0 Å². The maximum atomic E-state index is 13.4. The number of piperidine rings is 1. The topological polar surface area (TPSA) is 68.2 Å². The van der Waals surface area contributed by atoms with Gasteiger partial charge in [0.1, 0.15) is 11.4 Å². The lowest BCUT2D eigenvalue weighted by atomic mass is 9.89. The lowest BCUT2D eigenvalue weighted by Gasteiger charge is -2.35. The minimum absolute atomic E-state index is 0.103. The molecule has 1 aromatic carbocycles. The summed E-state index contributed by atoms with van der Waals surface area (Å²) in [6.45, 7) is 1.49. The first-order valence-corrected chi connectivity index (χ1v) is 6.48. The van der Waals surface area contributed by atoms with E-state index in [-0.39, 0.29) is 5.69 Å². The molecule has 1 aliphatic rings. The highest BCUT2D eigenvalue weighted by molar-refractivity contribution is 5.90. The molecular formula is C14H17FN4O. The molecule has 1 aliphatic heterocycles. The van der Waals surface area contributed by atoms with Crippen LogP contribution in [0.4, 0.5) is 14.9 Å². The van der Waals surface area contributed by atoms with Gasteiger partial charge in [-0.15, -0.1) is 0 Å². The second-order valence-electron chi connectivity index (χ2n) is 5.06. The van der Waals surface area contributed by atoms with E-state index in [0.717, 1.165) is 13.1 Å². The lowest BCUT2D eigenvalue weighted by molar-refractivity contribution is 0.193. The fourth-order valence-electron chi connectivity index (χ4n) is 2.20. The van der Waals surface area contributed by atoms with Crippen LogP contribution < -0.4 is 10.6 Å². The van der Waals surface area contributed by atoms with Gasteiger partial charge < -0.3 is 15.5 Å². The Labute approximate surface area is 117 Å². The molecule has 0 bridgehead atoms. The number of benzene rings is 1. The molecule has 6 heteroatoms. The van der Waals surface area contributed by atoms with Crippen LogP contribution in [0.15, 0.2) is 24.3 Å². The standard InChI is InChI=1S/C14H17FN4O/c1-19-8-6-14(10-16,7-9-19)18-13(20)17-12-5-3-2-4-11(12)15/h2-5H,6-9H2,1H3,(H2,17,18,20). The van der Waals surface area contributed by atoms with Crippen LogP contribution in [-0.4, -0.2) is 36.6 Å². The number of hydrogen-bond acceptors (Lipinski definition) is 3. The number of urea groups is 1. The molecule has 106 valence electrons. The molecule has 0 unspecified atom stereocenters. The van der Waals surface area contributed by atoms with Gasteiger partial charge in [-0.2, -0.15) is 5.26 Å². The largest absolute Gasteiger partial charge is 0.320 e. The smallest absolute Gasteiger partial charge is 0.319 e. The summed E-state index contributed by atoms with van der Waals surface area (Å²) in [5, 5.41) is 14.4. The van der Waals surface area contributed by atoms with Crippen LogP contribution in [0.3, 0.4) is 0 Å². The molecule has 1 saturated heterocycles. The van der Waals surface area contributed by atoms with Gasteiger partial charge in [0, 0.05) is 13.1 Å². The van der Waals surface area contributed by atoms with Crippen LogP contribution in [0.2, 0.25) is 0 Å². The fourth-order valence-corrected chi connectivity index (χ4v) is 2.20. The molecule has 2 rings (SSSR count). The Morgan fingerprint density at radius 2 is 2.05 bits per heavy atom. The average Bonchev–Trinajstić information content (AvgIpc) is 2.44. The van der Waals surface area contributed by atoms with Gasteiger partial charge in [0.05, 0.1) is 11.8 Å². The van der Waals surface area contributed by atoms with Crippen molar-refractivity contribution in [3.63, 3.8) is 0 Å². The summed E-state index contributed by atoms with van der Waals surface area (Å²) < 4.78 is 13.4. The van der Waals surface area contributed by atoms with Gasteiger partial charge in [-0.3, -0.25) is 0 Å². The van der Waals surface area contributed by atoms with Crippen molar-refractivity contribution in [1.82, 2.24) is 10.2 Å². The Hall–Kier alpha value is -2.13. The highest BCUT2D eigenvalue weighted by Crippen LogP contribution is 2.21. The zero-order chi connectivity index (χ0) is 14.6. The molecule has 0 saturated carbocycles. The maximum absolute atomic E-state index is 13.4. The fraction of sp³-hybridized carbons (Fsp3) is 0.429. The molecule has 0 atom stereocenters. The molecule has 1 heterocycles. The minimum Gasteiger partial charge on any atom is -0.319 e. The molecule has 0 aliphatic carbocycles. The van der Waals surface area contributed by atoms with Crippen LogP contribution in [0, 0.1) is 17.1 Å². The Bertz CT molecular complexity index is 532. The zero-order valence-electron chi connectivity index (χ0n) is 11.3. The van der Waals surface area contributed by atoms with Gasteiger partial charge >= 0.3 is 6.03 Å². The Kier molecular flexibility index (Phi) is 4.20. The van der Waals surface area contributed by atoms with E-state index in [4.69, 9.17) is 0 Å². The third-order valence-corrected chi connectivity index (χ3v) is 3.53. The van der Waals surface area contributed by atoms with Crippen molar-refractivity contribution in [3.05, 3.63) is 30.1 Å². The highest BCUT2D eigenvalue weighted by atomic mass is 19.1. The number of hydrogen-bond donors (Lipinski definition) is 2. The summed E-state index contributed by atoms with van der Waals surface area (Å²) >= 11 is 0. The number of rotatable bonds is 2. The Morgan fingerprint density at radius 3 is 2.65 bits per heavy atom. The number of likely N-dealkylation sites (tertiary alicyclic amines) is 1. The van der Waals surface area contributed by atoms with E-state index in [1.54, 1.807) is 12.1 Å². The quantitative estimate of drug-likeness (QED) is 0.867. The minimum atomic E-state index is -0.873. The van der Waals surface area contributed by atoms with E-state index in [1.807, 2.05) is 7.05 Å². The third kappa shape index (κ3) is 3.25. The van der Waals surface area contributed by atoms with Crippen molar-refractivity contribution in [3.8, 4) is 6.07 Å². The first-order chi connectivity index (χ1) is 9.54. The number of para-hydroxylation sites is 1. The summed E-state index contributed by atoms with van der Waals surface area (Å²) in [7, 11) is 1.97. The number of carbonyl (C=O) groups is 1. The second kappa shape index (κ2) is 5.88. The van der Waals surface area contributed by atoms with Crippen LogP contribution in [0.1, 0.15) is 12.8 Å². The Balaban J connectivity index is 2.00. The first-order valence-electron chi connectivity index (χ1n) is 6.48. The number of nitrogens with zero attached hydrogens (tertiary/aromatic N) is 2. The number of amides is 2. The number of nitrogens with one attached hydrogen (secondary N) is 2. The molecule has 0 radical (unpaired) electrons. The molecule has 5 nitrogen and oxygen atoms in total. The summed E-state index contributed by atoms with van der Waals surface area (Å²) in [5.74, 6) is -0.503. The molecule has 2 N–H and O–H groups in total. The van der Waals surface area contributed by atoms with Gasteiger partial charge in [-0.05, 0) is 32.0 Å². The van der Waals surface area contributed by atoms with Gasteiger partial charge in [0.2, 0.25) is 0 Å². The lowest BCUT2D eigenvalue weighted by Crippen LogP contribution is -2.54. The van der Waals surface area contributed by atoms with Crippen molar-refractivity contribution in [2.75, 3.05) is 25.5 Å². The maximum Gasteiger partial charge on any atom is 0.320 e. The molecule has 0 aromatic heterocycles. The van der Waals surface area contributed by atoms with Gasteiger partial charge in [-0.25, -0.2) is 9.18 Å². The molecule has 1 fully saturated rings. The predicted octanol–water partition coefficient (Wildman–Crippen LogP) is 1.94. The van der Waals surface area contributed by atoms with E-state index in [0.29, 0.717) is 12.8 Å². The van der Waals surface area contributed by atoms with Crippen molar-refractivity contribution in [1.29, 1.82) is 5.26 Å². The third-order valence-electron chi connectivity index (χ3n) is 3.53.